The van der Waals surface area contributed by atoms with Crippen LogP contribution in [0.2, 0.25) is 0 Å². The number of carbonyl (C=O) groups excluding carboxylic acids is 1. The first-order valence-corrected chi connectivity index (χ1v) is 7.50. The van der Waals surface area contributed by atoms with E-state index in [-0.39, 0.29) is 5.78 Å². The van der Waals surface area contributed by atoms with Gasteiger partial charge < -0.3 is 4.74 Å². The lowest BCUT2D eigenvalue weighted by Crippen LogP contribution is -2.40. The monoisotopic (exact) mass is 275 g/mol. The van der Waals surface area contributed by atoms with Crippen molar-refractivity contribution < 1.29 is 9.53 Å². The van der Waals surface area contributed by atoms with Crippen LogP contribution < -0.4 is 4.74 Å². The summed E-state index contributed by atoms with van der Waals surface area (Å²) in [6, 6.07) is 7.39. The molecule has 1 aliphatic rings. The molecule has 2 rings (SSSR count). The maximum atomic E-state index is 11.2. The molecule has 1 aromatic carbocycles. The Hall–Kier alpha value is -1.35. The van der Waals surface area contributed by atoms with E-state index in [1.807, 2.05) is 24.3 Å². The number of nitrogens with zero attached hydrogens (tertiary/aromatic N) is 1. The van der Waals surface area contributed by atoms with Crippen LogP contribution in [0.1, 0.15) is 37.6 Å². The molecule has 0 aromatic heterocycles. The van der Waals surface area contributed by atoms with Gasteiger partial charge in [-0.2, -0.15) is 0 Å². The van der Waals surface area contributed by atoms with Crippen molar-refractivity contribution in [1.82, 2.24) is 4.90 Å². The SMILES string of the molecule is CC(=O)c1ccc(OCCN2C[C@@H](C)C[C@H](C)C2)cc1. The predicted octanol–water partition coefficient (Wildman–Crippen LogP) is 3.25. The lowest BCUT2D eigenvalue weighted by Gasteiger charge is -2.34. The van der Waals surface area contributed by atoms with Gasteiger partial charge in [0.05, 0.1) is 0 Å². The van der Waals surface area contributed by atoms with Crippen LogP contribution in [0.15, 0.2) is 24.3 Å². The van der Waals surface area contributed by atoms with E-state index in [2.05, 4.69) is 18.7 Å². The molecule has 1 aromatic rings. The Morgan fingerprint density at radius 2 is 1.80 bits per heavy atom. The highest BCUT2D eigenvalue weighted by Crippen LogP contribution is 2.20. The number of likely N-dealkylation sites (tertiary alicyclic amines) is 1. The predicted molar refractivity (Wildman–Crippen MR) is 81.3 cm³/mol. The zero-order chi connectivity index (χ0) is 14.5. The van der Waals surface area contributed by atoms with Gasteiger partial charge in [-0.3, -0.25) is 9.69 Å². The van der Waals surface area contributed by atoms with Gasteiger partial charge in [-0.1, -0.05) is 13.8 Å². The normalized spacial score (nSPS) is 23.6. The van der Waals surface area contributed by atoms with Crippen molar-refractivity contribution in [1.29, 1.82) is 0 Å². The highest BCUT2D eigenvalue weighted by atomic mass is 16.5. The molecule has 0 radical (unpaired) electrons. The lowest BCUT2D eigenvalue weighted by molar-refractivity contribution is 0.101. The molecule has 0 spiro atoms. The average molecular weight is 275 g/mol. The fourth-order valence-electron chi connectivity index (χ4n) is 3.05. The average Bonchev–Trinajstić information content (AvgIpc) is 2.38. The molecule has 0 bridgehead atoms. The van der Waals surface area contributed by atoms with Crippen LogP contribution in [0.3, 0.4) is 0 Å². The van der Waals surface area contributed by atoms with Crippen LogP contribution in [0, 0.1) is 11.8 Å². The Balaban J connectivity index is 1.76. The fourth-order valence-corrected chi connectivity index (χ4v) is 3.05. The summed E-state index contributed by atoms with van der Waals surface area (Å²) in [5, 5.41) is 0. The summed E-state index contributed by atoms with van der Waals surface area (Å²) in [5.41, 5.74) is 0.732. The molecular formula is C17H25NO2. The van der Waals surface area contributed by atoms with E-state index in [1.54, 1.807) is 6.92 Å². The molecule has 2 atom stereocenters. The second kappa shape index (κ2) is 6.89. The first-order valence-electron chi connectivity index (χ1n) is 7.50. The summed E-state index contributed by atoms with van der Waals surface area (Å²) < 4.78 is 5.76. The second-order valence-electron chi connectivity index (χ2n) is 6.13. The van der Waals surface area contributed by atoms with Crippen LogP contribution in [0.5, 0.6) is 5.75 Å². The maximum Gasteiger partial charge on any atom is 0.159 e. The quantitative estimate of drug-likeness (QED) is 0.773. The summed E-state index contributed by atoms with van der Waals surface area (Å²) in [6.45, 7) is 10.3. The van der Waals surface area contributed by atoms with Gasteiger partial charge >= 0.3 is 0 Å². The Kier molecular flexibility index (Phi) is 5.18. The Morgan fingerprint density at radius 3 is 2.35 bits per heavy atom. The van der Waals surface area contributed by atoms with E-state index in [9.17, 15) is 4.79 Å². The lowest BCUT2D eigenvalue weighted by atomic mass is 9.92. The molecule has 3 nitrogen and oxygen atoms in total. The molecule has 0 amide bonds. The summed E-state index contributed by atoms with van der Waals surface area (Å²) >= 11 is 0. The van der Waals surface area contributed by atoms with Crippen LogP contribution in [-0.4, -0.2) is 36.9 Å². The van der Waals surface area contributed by atoms with Crippen molar-refractivity contribution in [2.24, 2.45) is 11.8 Å². The third kappa shape index (κ3) is 4.34. The van der Waals surface area contributed by atoms with E-state index >= 15 is 0 Å². The van der Waals surface area contributed by atoms with E-state index in [0.29, 0.717) is 6.61 Å². The highest BCUT2D eigenvalue weighted by molar-refractivity contribution is 5.94. The van der Waals surface area contributed by atoms with Crippen LogP contribution in [0.4, 0.5) is 0 Å². The van der Waals surface area contributed by atoms with Gasteiger partial charge in [-0.25, -0.2) is 0 Å². The zero-order valence-corrected chi connectivity index (χ0v) is 12.8. The molecule has 0 N–H and O–H groups in total. The van der Waals surface area contributed by atoms with Gasteiger partial charge in [0.15, 0.2) is 5.78 Å². The van der Waals surface area contributed by atoms with Crippen LogP contribution in [0.25, 0.3) is 0 Å². The van der Waals surface area contributed by atoms with Gasteiger partial charge in [-0.05, 0) is 49.4 Å². The number of piperidine rings is 1. The summed E-state index contributed by atoms with van der Waals surface area (Å²) in [4.78, 5) is 13.7. The minimum Gasteiger partial charge on any atom is -0.492 e. The van der Waals surface area contributed by atoms with Crippen LogP contribution >= 0.6 is 0 Å². The Morgan fingerprint density at radius 1 is 1.20 bits per heavy atom. The standard InChI is InChI=1S/C17H25NO2/c1-13-10-14(2)12-18(11-13)8-9-20-17-6-4-16(5-7-17)15(3)19/h4-7,13-14H,8-12H2,1-3H3/t13-,14-/m0/s1. The first-order chi connectivity index (χ1) is 9.54. The van der Waals surface area contributed by atoms with Crippen LogP contribution in [-0.2, 0) is 0 Å². The largest absolute Gasteiger partial charge is 0.492 e. The number of rotatable bonds is 5. The van der Waals surface area contributed by atoms with Gasteiger partial charge in [0.2, 0.25) is 0 Å². The molecule has 0 unspecified atom stereocenters. The Bertz CT molecular complexity index is 431. The van der Waals surface area contributed by atoms with E-state index < -0.39 is 0 Å². The smallest absolute Gasteiger partial charge is 0.159 e. The minimum atomic E-state index is 0.0906. The maximum absolute atomic E-state index is 11.2. The highest BCUT2D eigenvalue weighted by Gasteiger charge is 2.21. The third-order valence-electron chi connectivity index (χ3n) is 3.88. The number of Topliss-reactive ketones (excluding diaryl/α,β-unsaturated/α-hetero) is 1. The molecule has 0 saturated carbocycles. The fraction of sp³-hybridized carbons (Fsp3) is 0.588. The number of benzene rings is 1. The molecule has 1 heterocycles. The van der Waals surface area contributed by atoms with Gasteiger partial charge in [-0.15, -0.1) is 0 Å². The van der Waals surface area contributed by atoms with Crippen molar-refractivity contribution in [3.05, 3.63) is 29.8 Å². The van der Waals surface area contributed by atoms with Gasteiger partial charge in [0.1, 0.15) is 12.4 Å². The van der Waals surface area contributed by atoms with Crippen molar-refractivity contribution in [2.75, 3.05) is 26.2 Å². The van der Waals surface area contributed by atoms with E-state index in [0.717, 1.165) is 29.7 Å². The molecule has 110 valence electrons. The Labute approximate surface area is 121 Å². The first kappa shape index (κ1) is 15.0. The third-order valence-corrected chi connectivity index (χ3v) is 3.88. The summed E-state index contributed by atoms with van der Waals surface area (Å²) in [5.74, 6) is 2.50. The van der Waals surface area contributed by atoms with Gasteiger partial charge in [0.25, 0.3) is 0 Å². The molecule has 0 aliphatic carbocycles. The van der Waals surface area contributed by atoms with Crippen molar-refractivity contribution >= 4 is 5.78 Å². The number of carbonyl (C=O) groups is 1. The number of ether oxygens (including phenoxy) is 1. The zero-order valence-electron chi connectivity index (χ0n) is 12.8. The van der Waals surface area contributed by atoms with Crippen molar-refractivity contribution in [3.63, 3.8) is 0 Å². The number of hydrogen-bond acceptors (Lipinski definition) is 3. The minimum absolute atomic E-state index is 0.0906. The molecule has 3 heteroatoms. The molecular weight excluding hydrogens is 250 g/mol. The topological polar surface area (TPSA) is 29.5 Å². The molecule has 1 fully saturated rings. The number of ketones is 1. The van der Waals surface area contributed by atoms with Gasteiger partial charge in [0, 0.05) is 25.2 Å². The molecule has 1 aliphatic heterocycles. The molecule has 20 heavy (non-hydrogen) atoms. The van der Waals surface area contributed by atoms with Crippen molar-refractivity contribution in [2.45, 2.75) is 27.2 Å². The number of hydrogen-bond donors (Lipinski definition) is 0. The van der Waals surface area contributed by atoms with Crippen molar-refractivity contribution in [3.8, 4) is 5.75 Å². The summed E-state index contributed by atoms with van der Waals surface area (Å²) in [7, 11) is 0. The second-order valence-corrected chi connectivity index (χ2v) is 6.13. The molecule has 1 saturated heterocycles. The van der Waals surface area contributed by atoms with E-state index in [1.165, 1.54) is 19.5 Å². The van der Waals surface area contributed by atoms with E-state index in [4.69, 9.17) is 4.74 Å². The summed E-state index contributed by atoms with van der Waals surface area (Å²) in [6.07, 6.45) is 1.34.